The lowest BCUT2D eigenvalue weighted by Crippen LogP contribution is -2.37. The van der Waals surface area contributed by atoms with Gasteiger partial charge < -0.3 is 10.6 Å². The molecule has 1 amide bonds. The Morgan fingerprint density at radius 3 is 2.86 bits per heavy atom. The van der Waals surface area contributed by atoms with Crippen LogP contribution in [0, 0.1) is 5.41 Å². The quantitative estimate of drug-likeness (QED) is 0.882. The van der Waals surface area contributed by atoms with Gasteiger partial charge in [-0.15, -0.1) is 5.10 Å². The molecule has 1 saturated heterocycles. The molecule has 21 heavy (non-hydrogen) atoms. The molecule has 0 bridgehead atoms. The van der Waals surface area contributed by atoms with E-state index in [1.54, 1.807) is 6.20 Å². The Kier molecular flexibility index (Phi) is 4.24. The van der Waals surface area contributed by atoms with Crippen molar-refractivity contribution in [2.24, 2.45) is 5.41 Å². The lowest BCUT2D eigenvalue weighted by molar-refractivity contribution is 0.0919. The van der Waals surface area contributed by atoms with Gasteiger partial charge in [0, 0.05) is 6.54 Å². The molecular weight excluding hydrogens is 266 g/mol. The SMILES string of the molecule is CC1(CNC(=O)c2cnnn2C2CCNCC2)CCCC1. The molecule has 0 aromatic carbocycles. The Morgan fingerprint density at radius 2 is 2.14 bits per heavy atom. The fraction of sp³-hybridized carbons (Fsp3) is 0.800. The van der Waals surface area contributed by atoms with E-state index in [2.05, 4.69) is 27.9 Å². The van der Waals surface area contributed by atoms with Crippen LogP contribution in [-0.2, 0) is 0 Å². The van der Waals surface area contributed by atoms with Crippen LogP contribution in [0.3, 0.4) is 0 Å². The van der Waals surface area contributed by atoms with Gasteiger partial charge >= 0.3 is 0 Å². The van der Waals surface area contributed by atoms with E-state index >= 15 is 0 Å². The molecule has 2 fully saturated rings. The maximum Gasteiger partial charge on any atom is 0.271 e. The molecule has 1 aliphatic heterocycles. The minimum atomic E-state index is -0.0355. The molecular formula is C15H25N5O. The molecule has 2 N–H and O–H groups in total. The van der Waals surface area contributed by atoms with Crippen molar-refractivity contribution in [2.45, 2.75) is 51.5 Å². The molecule has 2 heterocycles. The Balaban J connectivity index is 1.63. The number of piperidine rings is 1. The first-order valence-electron chi connectivity index (χ1n) is 8.07. The Hall–Kier alpha value is -1.43. The number of hydrogen-bond acceptors (Lipinski definition) is 4. The summed E-state index contributed by atoms with van der Waals surface area (Å²) in [6.07, 6.45) is 8.57. The van der Waals surface area contributed by atoms with Gasteiger partial charge in [0.25, 0.3) is 5.91 Å². The van der Waals surface area contributed by atoms with Crippen LogP contribution in [-0.4, -0.2) is 40.5 Å². The van der Waals surface area contributed by atoms with E-state index in [1.807, 2.05) is 4.68 Å². The first-order chi connectivity index (χ1) is 10.2. The van der Waals surface area contributed by atoms with Crippen molar-refractivity contribution >= 4 is 5.91 Å². The number of nitrogens with zero attached hydrogens (tertiary/aromatic N) is 3. The van der Waals surface area contributed by atoms with Gasteiger partial charge in [-0.05, 0) is 44.2 Å². The zero-order chi connectivity index (χ0) is 14.7. The van der Waals surface area contributed by atoms with Gasteiger partial charge in [0.15, 0.2) is 0 Å². The Morgan fingerprint density at radius 1 is 1.43 bits per heavy atom. The summed E-state index contributed by atoms with van der Waals surface area (Å²) in [5.41, 5.74) is 0.867. The molecule has 1 aliphatic carbocycles. The highest BCUT2D eigenvalue weighted by atomic mass is 16.2. The number of rotatable bonds is 4. The monoisotopic (exact) mass is 291 g/mol. The second-order valence-electron chi connectivity index (χ2n) is 6.75. The van der Waals surface area contributed by atoms with Gasteiger partial charge in [-0.1, -0.05) is 25.0 Å². The highest BCUT2D eigenvalue weighted by Gasteiger charge is 2.30. The molecule has 0 radical (unpaired) electrons. The zero-order valence-corrected chi connectivity index (χ0v) is 12.8. The molecule has 2 aliphatic rings. The van der Waals surface area contributed by atoms with Gasteiger partial charge in [-0.25, -0.2) is 4.68 Å². The maximum atomic E-state index is 12.4. The number of amides is 1. The van der Waals surface area contributed by atoms with E-state index in [0.717, 1.165) is 32.5 Å². The average molecular weight is 291 g/mol. The smallest absolute Gasteiger partial charge is 0.271 e. The normalized spacial score (nSPS) is 22.3. The predicted octanol–water partition coefficient (Wildman–Crippen LogP) is 1.51. The fourth-order valence-corrected chi connectivity index (χ4v) is 3.52. The van der Waals surface area contributed by atoms with Crippen LogP contribution in [0.2, 0.25) is 0 Å². The third kappa shape index (κ3) is 3.26. The third-order valence-corrected chi connectivity index (χ3v) is 4.95. The molecule has 6 nitrogen and oxygen atoms in total. The highest BCUT2D eigenvalue weighted by Crippen LogP contribution is 2.36. The van der Waals surface area contributed by atoms with E-state index in [0.29, 0.717) is 5.69 Å². The topological polar surface area (TPSA) is 71.8 Å². The predicted molar refractivity (Wildman–Crippen MR) is 80.1 cm³/mol. The van der Waals surface area contributed by atoms with Crippen LogP contribution in [0.25, 0.3) is 0 Å². The van der Waals surface area contributed by atoms with Crippen molar-refractivity contribution in [1.29, 1.82) is 0 Å². The molecule has 3 rings (SSSR count). The van der Waals surface area contributed by atoms with Crippen molar-refractivity contribution in [3.63, 3.8) is 0 Å². The van der Waals surface area contributed by atoms with Gasteiger partial charge in [-0.3, -0.25) is 4.79 Å². The highest BCUT2D eigenvalue weighted by molar-refractivity contribution is 5.92. The summed E-state index contributed by atoms with van der Waals surface area (Å²) in [5.74, 6) is -0.0355. The molecule has 116 valence electrons. The number of hydrogen-bond donors (Lipinski definition) is 2. The minimum absolute atomic E-state index is 0.0355. The maximum absolute atomic E-state index is 12.4. The largest absolute Gasteiger partial charge is 0.350 e. The summed E-state index contributed by atoms with van der Waals surface area (Å²) in [7, 11) is 0. The van der Waals surface area contributed by atoms with E-state index in [9.17, 15) is 4.79 Å². The van der Waals surface area contributed by atoms with E-state index in [1.165, 1.54) is 25.7 Å². The summed E-state index contributed by atoms with van der Waals surface area (Å²) in [5, 5.41) is 14.5. The second-order valence-corrected chi connectivity index (χ2v) is 6.75. The van der Waals surface area contributed by atoms with E-state index in [4.69, 9.17) is 0 Å². The summed E-state index contributed by atoms with van der Waals surface area (Å²) >= 11 is 0. The number of carbonyl (C=O) groups is 1. The zero-order valence-electron chi connectivity index (χ0n) is 12.8. The molecule has 0 unspecified atom stereocenters. The second kappa shape index (κ2) is 6.13. The van der Waals surface area contributed by atoms with Crippen LogP contribution in [0.4, 0.5) is 0 Å². The van der Waals surface area contributed by atoms with E-state index < -0.39 is 0 Å². The lowest BCUT2D eigenvalue weighted by Gasteiger charge is -2.25. The molecule has 1 aromatic rings. The van der Waals surface area contributed by atoms with Crippen LogP contribution in [0.5, 0.6) is 0 Å². The fourth-order valence-electron chi connectivity index (χ4n) is 3.52. The first-order valence-corrected chi connectivity index (χ1v) is 8.07. The standard InChI is InChI=1S/C15H25N5O/c1-15(6-2-3-7-15)11-17-14(21)13-10-18-19-20(13)12-4-8-16-9-5-12/h10,12,16H,2-9,11H2,1H3,(H,17,21). The molecule has 6 heteroatoms. The number of carbonyl (C=O) groups excluding carboxylic acids is 1. The van der Waals surface area contributed by atoms with Gasteiger partial charge in [0.1, 0.15) is 5.69 Å². The Bertz CT molecular complexity index is 486. The van der Waals surface area contributed by atoms with Crippen LogP contribution < -0.4 is 10.6 Å². The van der Waals surface area contributed by atoms with Crippen molar-refractivity contribution in [1.82, 2.24) is 25.6 Å². The molecule has 0 spiro atoms. The first kappa shape index (κ1) is 14.5. The van der Waals surface area contributed by atoms with Crippen LogP contribution in [0.15, 0.2) is 6.20 Å². The summed E-state index contributed by atoms with van der Waals surface area (Å²) in [6, 6.07) is 0.288. The third-order valence-electron chi connectivity index (χ3n) is 4.95. The molecule has 1 saturated carbocycles. The molecule has 1 aromatic heterocycles. The Labute approximate surface area is 125 Å². The summed E-state index contributed by atoms with van der Waals surface area (Å²) < 4.78 is 1.81. The van der Waals surface area contributed by atoms with Crippen molar-refractivity contribution < 1.29 is 4.79 Å². The summed E-state index contributed by atoms with van der Waals surface area (Å²) in [6.45, 7) is 4.97. The van der Waals surface area contributed by atoms with Crippen LogP contribution in [0.1, 0.15) is 62.0 Å². The minimum Gasteiger partial charge on any atom is -0.350 e. The average Bonchev–Trinajstić information content (AvgIpc) is 3.15. The molecule has 0 atom stereocenters. The van der Waals surface area contributed by atoms with Crippen LogP contribution >= 0.6 is 0 Å². The van der Waals surface area contributed by atoms with Crippen molar-refractivity contribution in [3.05, 3.63) is 11.9 Å². The van der Waals surface area contributed by atoms with E-state index in [-0.39, 0.29) is 17.4 Å². The van der Waals surface area contributed by atoms with Gasteiger partial charge in [-0.2, -0.15) is 0 Å². The van der Waals surface area contributed by atoms with Gasteiger partial charge in [0.05, 0.1) is 12.2 Å². The lowest BCUT2D eigenvalue weighted by atomic mass is 9.89. The van der Waals surface area contributed by atoms with Crippen molar-refractivity contribution in [3.8, 4) is 0 Å². The summed E-state index contributed by atoms with van der Waals surface area (Å²) in [4.78, 5) is 12.4. The number of nitrogens with one attached hydrogen (secondary N) is 2. The van der Waals surface area contributed by atoms with Gasteiger partial charge in [0.2, 0.25) is 0 Å². The van der Waals surface area contributed by atoms with Crippen molar-refractivity contribution in [2.75, 3.05) is 19.6 Å². The number of aromatic nitrogens is 3.